The Morgan fingerprint density at radius 3 is 3.00 bits per heavy atom. The smallest absolute Gasteiger partial charge is 0.238 e. The van der Waals surface area contributed by atoms with Gasteiger partial charge < -0.3 is 9.73 Å². The Balaban J connectivity index is 2.41. The normalized spacial score (nSPS) is 12.5. The van der Waals surface area contributed by atoms with E-state index in [2.05, 4.69) is 10.3 Å². The van der Waals surface area contributed by atoms with Crippen LogP contribution in [0.3, 0.4) is 0 Å². The molecule has 0 saturated carbocycles. The molecule has 1 rings (SSSR count). The van der Waals surface area contributed by atoms with Gasteiger partial charge in [-0.2, -0.15) is 0 Å². The van der Waals surface area contributed by atoms with Gasteiger partial charge in [-0.25, -0.2) is 4.98 Å². The van der Waals surface area contributed by atoms with Gasteiger partial charge in [0.1, 0.15) is 11.1 Å². The standard InChI is InChI=1S/C9H13ClN2O2/c1-3-7-4-11-8(14-7)5-12-9(13)6(2)10/h4,6H,3,5H2,1-2H3,(H,12,13). The molecule has 0 aliphatic heterocycles. The van der Waals surface area contributed by atoms with Crippen molar-refractivity contribution in [3.05, 3.63) is 17.8 Å². The number of hydrogen-bond donors (Lipinski definition) is 1. The molecule has 4 nitrogen and oxygen atoms in total. The average molecular weight is 217 g/mol. The number of alkyl halides is 1. The van der Waals surface area contributed by atoms with E-state index in [1.54, 1.807) is 13.1 Å². The number of aryl methyl sites for hydroxylation is 1. The third-order valence-electron chi connectivity index (χ3n) is 1.73. The number of oxazole rings is 1. The van der Waals surface area contributed by atoms with Crippen molar-refractivity contribution in [3.63, 3.8) is 0 Å². The molecule has 0 spiro atoms. The molecule has 1 aromatic rings. The zero-order valence-corrected chi connectivity index (χ0v) is 8.97. The molecule has 0 saturated heterocycles. The highest BCUT2D eigenvalue weighted by Gasteiger charge is 2.09. The molecule has 1 atom stereocenters. The Morgan fingerprint density at radius 2 is 2.50 bits per heavy atom. The molecule has 1 aromatic heterocycles. The van der Waals surface area contributed by atoms with Gasteiger partial charge in [-0.05, 0) is 6.92 Å². The Labute approximate surface area is 87.6 Å². The molecule has 78 valence electrons. The maximum Gasteiger partial charge on any atom is 0.238 e. The summed E-state index contributed by atoms with van der Waals surface area (Å²) in [5, 5.41) is 2.08. The van der Waals surface area contributed by atoms with Gasteiger partial charge in [0, 0.05) is 6.42 Å². The van der Waals surface area contributed by atoms with Crippen LogP contribution in [-0.4, -0.2) is 16.3 Å². The summed E-state index contributed by atoms with van der Waals surface area (Å²) in [6, 6.07) is 0. The molecule has 1 heterocycles. The Bertz CT molecular complexity index is 310. The summed E-state index contributed by atoms with van der Waals surface area (Å²) in [4.78, 5) is 15.1. The number of aromatic nitrogens is 1. The predicted molar refractivity (Wildman–Crippen MR) is 53.0 cm³/mol. The van der Waals surface area contributed by atoms with Crippen molar-refractivity contribution in [2.75, 3.05) is 0 Å². The molecule has 14 heavy (non-hydrogen) atoms. The zero-order valence-electron chi connectivity index (χ0n) is 8.21. The number of halogens is 1. The van der Waals surface area contributed by atoms with Crippen LogP contribution in [0.4, 0.5) is 0 Å². The second kappa shape index (κ2) is 5.00. The van der Waals surface area contributed by atoms with Crippen LogP contribution in [0.1, 0.15) is 25.5 Å². The van der Waals surface area contributed by atoms with Crippen LogP contribution in [0.5, 0.6) is 0 Å². The Morgan fingerprint density at radius 1 is 1.79 bits per heavy atom. The van der Waals surface area contributed by atoms with Crippen LogP contribution in [0.2, 0.25) is 0 Å². The maximum atomic E-state index is 11.1. The van der Waals surface area contributed by atoms with E-state index < -0.39 is 5.38 Å². The molecular weight excluding hydrogens is 204 g/mol. The van der Waals surface area contributed by atoms with E-state index in [4.69, 9.17) is 16.0 Å². The fourth-order valence-corrected chi connectivity index (χ4v) is 0.974. The summed E-state index contributed by atoms with van der Waals surface area (Å²) in [7, 11) is 0. The van der Waals surface area contributed by atoms with Gasteiger partial charge in [-0.1, -0.05) is 6.92 Å². The number of nitrogens with zero attached hydrogens (tertiary/aromatic N) is 1. The maximum absolute atomic E-state index is 11.1. The quantitative estimate of drug-likeness (QED) is 0.776. The zero-order chi connectivity index (χ0) is 10.6. The monoisotopic (exact) mass is 216 g/mol. The predicted octanol–water partition coefficient (Wildman–Crippen LogP) is 1.48. The van der Waals surface area contributed by atoms with Gasteiger partial charge in [-0.15, -0.1) is 11.6 Å². The largest absolute Gasteiger partial charge is 0.444 e. The molecular formula is C9H13ClN2O2. The van der Waals surface area contributed by atoms with Gasteiger partial charge in [-0.3, -0.25) is 4.79 Å². The summed E-state index contributed by atoms with van der Waals surface area (Å²) < 4.78 is 5.29. The highest BCUT2D eigenvalue weighted by molar-refractivity contribution is 6.30. The minimum atomic E-state index is -0.532. The summed E-state index contributed by atoms with van der Waals surface area (Å²) in [5.74, 6) is 1.10. The van der Waals surface area contributed by atoms with Crippen LogP contribution in [0.25, 0.3) is 0 Å². The Kier molecular flexibility index (Phi) is 3.95. The van der Waals surface area contributed by atoms with Crippen LogP contribution in [-0.2, 0) is 17.8 Å². The van der Waals surface area contributed by atoms with Crippen molar-refractivity contribution >= 4 is 17.5 Å². The minimum Gasteiger partial charge on any atom is -0.444 e. The third kappa shape index (κ3) is 3.03. The fourth-order valence-electron chi connectivity index (χ4n) is 0.897. The lowest BCUT2D eigenvalue weighted by atomic mass is 10.4. The highest BCUT2D eigenvalue weighted by Crippen LogP contribution is 2.03. The third-order valence-corrected chi connectivity index (χ3v) is 1.92. The highest BCUT2D eigenvalue weighted by atomic mass is 35.5. The van der Waals surface area contributed by atoms with E-state index in [9.17, 15) is 4.79 Å². The van der Waals surface area contributed by atoms with Crippen molar-refractivity contribution in [2.24, 2.45) is 0 Å². The van der Waals surface area contributed by atoms with Crippen LogP contribution < -0.4 is 5.32 Å². The number of amides is 1. The lowest BCUT2D eigenvalue weighted by Crippen LogP contribution is -2.29. The lowest BCUT2D eigenvalue weighted by molar-refractivity contribution is -0.120. The van der Waals surface area contributed by atoms with Gasteiger partial charge in [0.25, 0.3) is 0 Å². The lowest BCUT2D eigenvalue weighted by Gasteiger charge is -2.02. The molecule has 1 amide bonds. The number of rotatable bonds is 4. The summed E-state index contributed by atoms with van der Waals surface area (Å²) in [6.45, 7) is 3.88. The second-order valence-electron chi connectivity index (χ2n) is 2.91. The number of nitrogens with one attached hydrogen (secondary N) is 1. The molecule has 1 N–H and O–H groups in total. The van der Waals surface area contributed by atoms with Crippen molar-refractivity contribution in [1.82, 2.24) is 10.3 Å². The molecule has 0 aliphatic rings. The molecule has 0 fully saturated rings. The van der Waals surface area contributed by atoms with Crippen molar-refractivity contribution in [2.45, 2.75) is 32.2 Å². The van der Waals surface area contributed by atoms with E-state index >= 15 is 0 Å². The summed E-state index contributed by atoms with van der Waals surface area (Å²) in [6.07, 6.45) is 2.46. The summed E-state index contributed by atoms with van der Waals surface area (Å²) in [5.41, 5.74) is 0. The molecule has 0 radical (unpaired) electrons. The van der Waals surface area contributed by atoms with E-state index in [0.717, 1.165) is 12.2 Å². The number of carbonyl (C=O) groups is 1. The molecule has 1 unspecified atom stereocenters. The molecule has 5 heteroatoms. The van der Waals surface area contributed by atoms with Crippen LogP contribution in [0, 0.1) is 0 Å². The average Bonchev–Trinajstić information content (AvgIpc) is 2.61. The van der Waals surface area contributed by atoms with E-state index in [1.165, 1.54) is 0 Å². The van der Waals surface area contributed by atoms with Gasteiger partial charge >= 0.3 is 0 Å². The molecule has 0 bridgehead atoms. The molecule has 0 aromatic carbocycles. The van der Waals surface area contributed by atoms with Crippen molar-refractivity contribution in [1.29, 1.82) is 0 Å². The first-order chi connectivity index (χ1) is 6.63. The molecule has 0 aliphatic carbocycles. The topological polar surface area (TPSA) is 55.1 Å². The summed E-state index contributed by atoms with van der Waals surface area (Å²) >= 11 is 5.56. The first kappa shape index (κ1) is 11.0. The first-order valence-electron chi connectivity index (χ1n) is 4.48. The first-order valence-corrected chi connectivity index (χ1v) is 4.92. The number of carbonyl (C=O) groups excluding carboxylic acids is 1. The SMILES string of the molecule is CCc1cnc(CNC(=O)C(C)Cl)o1. The van der Waals surface area contributed by atoms with E-state index in [-0.39, 0.29) is 12.5 Å². The van der Waals surface area contributed by atoms with Crippen molar-refractivity contribution < 1.29 is 9.21 Å². The van der Waals surface area contributed by atoms with Gasteiger partial charge in [0.2, 0.25) is 11.8 Å². The van der Waals surface area contributed by atoms with Gasteiger partial charge in [0.15, 0.2) is 0 Å². The second-order valence-corrected chi connectivity index (χ2v) is 3.56. The Hall–Kier alpha value is -1.03. The van der Waals surface area contributed by atoms with Gasteiger partial charge in [0.05, 0.1) is 12.7 Å². The van der Waals surface area contributed by atoms with E-state index in [0.29, 0.717) is 5.89 Å². The number of hydrogen-bond acceptors (Lipinski definition) is 3. The van der Waals surface area contributed by atoms with E-state index in [1.807, 2.05) is 6.92 Å². The van der Waals surface area contributed by atoms with Crippen LogP contribution >= 0.6 is 11.6 Å². The van der Waals surface area contributed by atoms with Crippen molar-refractivity contribution in [3.8, 4) is 0 Å². The fraction of sp³-hybridized carbons (Fsp3) is 0.556. The van der Waals surface area contributed by atoms with Crippen LogP contribution in [0.15, 0.2) is 10.6 Å². The minimum absolute atomic E-state index is 0.220.